The van der Waals surface area contributed by atoms with Crippen molar-refractivity contribution in [3.8, 4) is 5.75 Å². The lowest BCUT2D eigenvalue weighted by molar-refractivity contribution is -0.145. The van der Waals surface area contributed by atoms with Gasteiger partial charge in [0.2, 0.25) is 0 Å². The van der Waals surface area contributed by atoms with E-state index in [2.05, 4.69) is 5.32 Å². The van der Waals surface area contributed by atoms with E-state index in [1.807, 2.05) is 4.72 Å². The lowest BCUT2D eigenvalue weighted by Crippen LogP contribution is -2.47. The molecule has 0 heterocycles. The van der Waals surface area contributed by atoms with Crippen molar-refractivity contribution >= 4 is 39.8 Å². The number of rotatable bonds is 11. The van der Waals surface area contributed by atoms with Crippen molar-refractivity contribution in [1.82, 2.24) is 9.44 Å². The number of nitrogens with one attached hydrogen (secondary N) is 4. The van der Waals surface area contributed by atoms with Gasteiger partial charge in [-0.1, -0.05) is 6.07 Å². The van der Waals surface area contributed by atoms with Crippen molar-refractivity contribution < 1.29 is 42.1 Å². The summed E-state index contributed by atoms with van der Waals surface area (Å²) in [5.41, 5.74) is 5.65. The van der Waals surface area contributed by atoms with E-state index in [-0.39, 0.29) is 22.8 Å². The summed E-state index contributed by atoms with van der Waals surface area (Å²) in [5, 5.41) is 27.2. The van der Waals surface area contributed by atoms with Crippen LogP contribution in [0.2, 0.25) is 0 Å². The molecule has 2 rings (SSSR count). The maximum absolute atomic E-state index is 14.4. The molecule has 0 amide bonds. The van der Waals surface area contributed by atoms with Gasteiger partial charge in [-0.25, -0.2) is 9.18 Å². The summed E-state index contributed by atoms with van der Waals surface area (Å²) >= 11 is 0. The van der Waals surface area contributed by atoms with E-state index in [0.29, 0.717) is 5.69 Å². The Morgan fingerprint density at radius 2 is 1.76 bits per heavy atom. The largest absolute Gasteiger partial charge is 0.481 e. The number of esters is 1. The number of hydrogen-bond donors (Lipinski definition) is 7. The first-order chi connectivity index (χ1) is 15.9. The molecule has 0 aromatic heterocycles. The molecule has 13 nitrogen and oxygen atoms in total. The van der Waals surface area contributed by atoms with Gasteiger partial charge in [0.15, 0.2) is 5.96 Å². The highest BCUT2D eigenvalue weighted by Gasteiger charge is 2.26. The van der Waals surface area contributed by atoms with E-state index >= 15 is 0 Å². The summed E-state index contributed by atoms with van der Waals surface area (Å²) in [6, 6.07) is 7.05. The molecule has 8 N–H and O–H groups in total. The zero-order valence-corrected chi connectivity index (χ0v) is 18.1. The average Bonchev–Trinajstić information content (AvgIpc) is 2.72. The molecule has 34 heavy (non-hydrogen) atoms. The van der Waals surface area contributed by atoms with Crippen LogP contribution in [0.1, 0.15) is 22.3 Å². The number of aliphatic carboxylic acids is 2. The maximum atomic E-state index is 14.4. The number of hydrogen-bond acceptors (Lipinski definition) is 7. The second-order valence-electron chi connectivity index (χ2n) is 6.69. The lowest BCUT2D eigenvalue weighted by Gasteiger charge is -2.14. The standard InChI is InChI=1S/C19H20FN5O8S/c20-14-7-13(33-18(30)10-1-4-12(5-2-10)24-19(21)22)6-3-11(14)9-23-34(31,32)25-15(17(28)29)8-16(26)27/h1-7,15,23,25H,8-9H2,(H,26,27)(H,28,29)(H4,21,22,24)/t15-/m0/s1. The Morgan fingerprint density at radius 3 is 2.29 bits per heavy atom. The Hall–Kier alpha value is -4.08. The minimum absolute atomic E-state index is 0.131. The Kier molecular flexibility index (Phi) is 8.60. The molecular formula is C19H20FN5O8S. The van der Waals surface area contributed by atoms with Gasteiger partial charge in [-0.2, -0.15) is 17.9 Å². The number of nitrogens with two attached hydrogens (primary N) is 1. The molecular weight excluding hydrogens is 477 g/mol. The Bertz CT molecular complexity index is 1200. The highest BCUT2D eigenvalue weighted by Crippen LogP contribution is 2.19. The first kappa shape index (κ1) is 26.2. The Balaban J connectivity index is 2.00. The average molecular weight is 497 g/mol. The molecule has 0 radical (unpaired) electrons. The molecule has 1 atom stereocenters. The van der Waals surface area contributed by atoms with Gasteiger partial charge in [0.25, 0.3) is 10.2 Å². The molecule has 182 valence electrons. The van der Waals surface area contributed by atoms with Gasteiger partial charge >= 0.3 is 17.9 Å². The van der Waals surface area contributed by atoms with E-state index < -0.39 is 52.9 Å². The summed E-state index contributed by atoms with van der Waals surface area (Å²) in [7, 11) is -4.49. The van der Waals surface area contributed by atoms with Gasteiger partial charge in [-0.05, 0) is 30.3 Å². The number of anilines is 1. The maximum Gasteiger partial charge on any atom is 0.343 e. The SMILES string of the molecule is N=C(N)Nc1ccc(C(=O)Oc2ccc(CNS(=O)(=O)N[C@@H](CC(=O)O)C(=O)O)c(F)c2)cc1. The number of benzene rings is 2. The van der Waals surface area contributed by atoms with Gasteiger partial charge in [-0.15, -0.1) is 0 Å². The molecule has 2 aromatic rings. The van der Waals surface area contributed by atoms with Crippen LogP contribution in [-0.2, 0) is 26.3 Å². The zero-order chi connectivity index (χ0) is 25.5. The van der Waals surface area contributed by atoms with Crippen LogP contribution in [0, 0.1) is 11.2 Å². The molecule has 2 aromatic carbocycles. The third kappa shape index (κ3) is 8.12. The summed E-state index contributed by atoms with van der Waals surface area (Å²) in [6.07, 6.45) is -0.999. The van der Waals surface area contributed by atoms with Gasteiger partial charge in [0.1, 0.15) is 17.6 Å². The first-order valence-corrected chi connectivity index (χ1v) is 10.8. The fourth-order valence-electron chi connectivity index (χ4n) is 2.50. The normalized spacial score (nSPS) is 11.9. The monoisotopic (exact) mass is 497 g/mol. The number of carbonyl (C=O) groups excluding carboxylic acids is 1. The Morgan fingerprint density at radius 1 is 1.12 bits per heavy atom. The third-order valence-corrected chi connectivity index (χ3v) is 5.18. The predicted molar refractivity (Wildman–Crippen MR) is 116 cm³/mol. The minimum atomic E-state index is -4.49. The van der Waals surface area contributed by atoms with Gasteiger partial charge in [0, 0.05) is 23.9 Å². The van der Waals surface area contributed by atoms with E-state index in [1.54, 1.807) is 4.72 Å². The van der Waals surface area contributed by atoms with E-state index in [1.165, 1.54) is 30.3 Å². The molecule has 0 fully saturated rings. The second-order valence-corrected chi connectivity index (χ2v) is 8.22. The van der Waals surface area contributed by atoms with Crippen LogP contribution in [-0.4, -0.2) is 48.5 Å². The van der Waals surface area contributed by atoms with Crippen LogP contribution < -0.4 is 25.2 Å². The molecule has 0 unspecified atom stereocenters. The molecule has 0 saturated heterocycles. The van der Waals surface area contributed by atoms with Crippen molar-refractivity contribution in [2.24, 2.45) is 5.73 Å². The van der Waals surface area contributed by atoms with Crippen molar-refractivity contribution in [3.05, 3.63) is 59.4 Å². The van der Waals surface area contributed by atoms with Crippen molar-refractivity contribution in [2.45, 2.75) is 19.0 Å². The topological polar surface area (TPSA) is 221 Å². The Labute approximate surface area is 192 Å². The van der Waals surface area contributed by atoms with Gasteiger partial charge in [0.05, 0.1) is 12.0 Å². The zero-order valence-electron chi connectivity index (χ0n) is 17.2. The number of halogens is 1. The fraction of sp³-hybridized carbons (Fsp3) is 0.158. The number of guanidine groups is 1. The van der Waals surface area contributed by atoms with E-state index in [9.17, 15) is 27.2 Å². The third-order valence-electron chi connectivity index (χ3n) is 4.06. The van der Waals surface area contributed by atoms with Gasteiger partial charge < -0.3 is 26.0 Å². The molecule has 0 aliphatic rings. The van der Waals surface area contributed by atoms with Crippen LogP contribution >= 0.6 is 0 Å². The van der Waals surface area contributed by atoms with Crippen LogP contribution in [0.15, 0.2) is 42.5 Å². The molecule has 0 bridgehead atoms. The molecule has 0 aliphatic heterocycles. The van der Waals surface area contributed by atoms with Crippen molar-refractivity contribution in [2.75, 3.05) is 5.32 Å². The van der Waals surface area contributed by atoms with Gasteiger partial charge in [-0.3, -0.25) is 15.0 Å². The highest BCUT2D eigenvalue weighted by atomic mass is 32.2. The molecule has 15 heteroatoms. The minimum Gasteiger partial charge on any atom is -0.481 e. The number of carboxylic acids is 2. The van der Waals surface area contributed by atoms with Crippen molar-refractivity contribution in [3.63, 3.8) is 0 Å². The summed E-state index contributed by atoms with van der Waals surface area (Å²) < 4.78 is 46.9. The molecule has 0 saturated carbocycles. The molecule has 0 aliphatic carbocycles. The summed E-state index contributed by atoms with van der Waals surface area (Å²) in [4.78, 5) is 33.9. The first-order valence-electron chi connectivity index (χ1n) is 9.29. The summed E-state index contributed by atoms with van der Waals surface area (Å²) in [5.74, 6) is -5.40. The highest BCUT2D eigenvalue weighted by molar-refractivity contribution is 7.87. The van der Waals surface area contributed by atoms with Crippen LogP contribution in [0.25, 0.3) is 0 Å². The van der Waals surface area contributed by atoms with E-state index in [4.69, 9.17) is 26.1 Å². The number of carboxylic acid groups (broad SMARTS) is 2. The smallest absolute Gasteiger partial charge is 0.343 e. The lowest BCUT2D eigenvalue weighted by atomic mass is 10.2. The molecule has 0 spiro atoms. The fourth-order valence-corrected chi connectivity index (χ4v) is 3.49. The van der Waals surface area contributed by atoms with E-state index in [0.717, 1.165) is 12.1 Å². The van der Waals surface area contributed by atoms with Crippen LogP contribution in [0.3, 0.4) is 0 Å². The predicted octanol–water partition coefficient (Wildman–Crippen LogP) is 0.202. The van der Waals surface area contributed by atoms with Crippen LogP contribution in [0.4, 0.5) is 10.1 Å². The number of ether oxygens (including phenoxy) is 1. The number of carbonyl (C=O) groups is 3. The summed E-state index contributed by atoms with van der Waals surface area (Å²) in [6.45, 7) is -0.598. The van der Waals surface area contributed by atoms with Crippen LogP contribution in [0.5, 0.6) is 5.75 Å². The quantitative estimate of drug-likeness (QED) is 0.0967. The van der Waals surface area contributed by atoms with Crippen molar-refractivity contribution in [1.29, 1.82) is 5.41 Å². The second kappa shape index (κ2) is 11.2.